The minimum absolute atomic E-state index is 0.0804. The molecule has 0 aliphatic rings. The van der Waals surface area contributed by atoms with Crippen LogP contribution in [0.15, 0.2) is 83.8 Å². The number of carbonyl (C=O) groups is 2. The molecule has 0 saturated carbocycles. The van der Waals surface area contributed by atoms with Gasteiger partial charge < -0.3 is 15.0 Å². The summed E-state index contributed by atoms with van der Waals surface area (Å²) in [6.45, 7) is 8.18. The van der Waals surface area contributed by atoms with Crippen molar-refractivity contribution in [3.05, 3.63) is 90.0 Å². The van der Waals surface area contributed by atoms with E-state index in [0.29, 0.717) is 24.4 Å². The predicted molar refractivity (Wildman–Crippen MR) is 167 cm³/mol. The first-order valence-electron chi connectivity index (χ1n) is 14.5. The molecule has 0 radical (unpaired) electrons. The molecule has 0 spiro atoms. The zero-order valence-electron chi connectivity index (χ0n) is 25.2. The lowest BCUT2D eigenvalue weighted by molar-refractivity contribution is -0.140. The molecule has 0 saturated heterocycles. The second-order valence-electron chi connectivity index (χ2n) is 10.5. The third-order valence-corrected chi connectivity index (χ3v) is 8.97. The van der Waals surface area contributed by atoms with Crippen LogP contribution < -0.4 is 14.4 Å². The molecule has 1 atom stereocenters. The van der Waals surface area contributed by atoms with Crippen molar-refractivity contribution >= 4 is 27.5 Å². The molecule has 0 aliphatic heterocycles. The number of anilines is 1. The Hall–Kier alpha value is -3.85. The fourth-order valence-electron chi connectivity index (χ4n) is 4.63. The number of amides is 2. The average molecular weight is 594 g/mol. The fraction of sp³-hybridized carbons (Fsp3) is 0.394. The van der Waals surface area contributed by atoms with Crippen molar-refractivity contribution in [3.8, 4) is 5.75 Å². The Balaban J connectivity index is 2.03. The van der Waals surface area contributed by atoms with Crippen LogP contribution in [0, 0.1) is 0 Å². The van der Waals surface area contributed by atoms with Gasteiger partial charge in [-0.3, -0.25) is 13.9 Å². The van der Waals surface area contributed by atoms with E-state index in [4.69, 9.17) is 4.74 Å². The zero-order chi connectivity index (χ0) is 30.7. The van der Waals surface area contributed by atoms with E-state index in [1.54, 1.807) is 49.6 Å². The van der Waals surface area contributed by atoms with Gasteiger partial charge >= 0.3 is 0 Å². The van der Waals surface area contributed by atoms with Crippen molar-refractivity contribution in [2.45, 2.75) is 70.4 Å². The molecule has 0 bridgehead atoms. The van der Waals surface area contributed by atoms with Crippen LogP contribution in [0.2, 0.25) is 0 Å². The first-order chi connectivity index (χ1) is 20.1. The lowest BCUT2D eigenvalue weighted by Gasteiger charge is -2.33. The van der Waals surface area contributed by atoms with Crippen LogP contribution in [0.25, 0.3) is 0 Å². The van der Waals surface area contributed by atoms with Crippen LogP contribution in [-0.4, -0.2) is 51.4 Å². The summed E-state index contributed by atoms with van der Waals surface area (Å²) in [4.78, 5) is 29.0. The molecule has 3 aromatic carbocycles. The zero-order valence-corrected chi connectivity index (χ0v) is 26.1. The van der Waals surface area contributed by atoms with Crippen LogP contribution in [0.3, 0.4) is 0 Å². The summed E-state index contributed by atoms with van der Waals surface area (Å²) in [6, 6.07) is 21.8. The molecule has 42 heavy (non-hydrogen) atoms. The lowest BCUT2D eigenvalue weighted by atomic mass is 10.0. The standard InChI is InChI=1S/C33H43N3O5S/c1-6-8-22-34-33(38)31(7-2)35(23-26-14-20-29(41-5)21-15-26)32(37)24-36(28-18-16-27(17-19-28)25(3)4)42(39,40)30-12-10-9-11-13-30/h9-21,25,31H,6-8,22-24H2,1-5H3,(H,34,38). The summed E-state index contributed by atoms with van der Waals surface area (Å²) in [5, 5.41) is 2.95. The maximum absolute atomic E-state index is 14.2. The molecule has 1 N–H and O–H groups in total. The maximum atomic E-state index is 14.2. The van der Waals surface area contributed by atoms with Gasteiger partial charge in [-0.2, -0.15) is 0 Å². The molecule has 0 aromatic heterocycles. The Morgan fingerprint density at radius 3 is 2.10 bits per heavy atom. The number of rotatable bonds is 15. The van der Waals surface area contributed by atoms with E-state index < -0.39 is 28.5 Å². The van der Waals surface area contributed by atoms with Gasteiger partial charge in [0, 0.05) is 13.1 Å². The van der Waals surface area contributed by atoms with E-state index in [9.17, 15) is 18.0 Å². The van der Waals surface area contributed by atoms with Gasteiger partial charge in [-0.25, -0.2) is 8.42 Å². The summed E-state index contributed by atoms with van der Waals surface area (Å²) < 4.78 is 34.3. The molecular formula is C33H43N3O5S. The average Bonchev–Trinajstić information content (AvgIpc) is 3.00. The quantitative estimate of drug-likeness (QED) is 0.227. The number of carbonyl (C=O) groups excluding carboxylic acids is 2. The second-order valence-corrected chi connectivity index (χ2v) is 12.4. The van der Waals surface area contributed by atoms with Crippen molar-refractivity contribution in [3.63, 3.8) is 0 Å². The number of nitrogens with one attached hydrogen (secondary N) is 1. The van der Waals surface area contributed by atoms with Crippen molar-refractivity contribution < 1.29 is 22.7 Å². The number of methoxy groups -OCH3 is 1. The highest BCUT2D eigenvalue weighted by atomic mass is 32.2. The molecule has 8 nitrogen and oxygen atoms in total. The Morgan fingerprint density at radius 2 is 1.55 bits per heavy atom. The molecule has 3 rings (SSSR count). The normalized spacial score (nSPS) is 12.0. The van der Waals surface area contributed by atoms with Gasteiger partial charge in [0.1, 0.15) is 18.3 Å². The minimum Gasteiger partial charge on any atom is -0.497 e. The van der Waals surface area contributed by atoms with Crippen LogP contribution >= 0.6 is 0 Å². The van der Waals surface area contributed by atoms with Crippen molar-refractivity contribution in [2.75, 3.05) is 24.5 Å². The number of unbranched alkanes of at least 4 members (excludes halogenated alkanes) is 1. The van der Waals surface area contributed by atoms with E-state index in [-0.39, 0.29) is 23.3 Å². The molecule has 2 amide bonds. The van der Waals surface area contributed by atoms with Crippen LogP contribution in [0.4, 0.5) is 5.69 Å². The largest absolute Gasteiger partial charge is 0.497 e. The van der Waals surface area contributed by atoms with Gasteiger partial charge in [0.25, 0.3) is 10.0 Å². The van der Waals surface area contributed by atoms with Crippen molar-refractivity contribution in [1.82, 2.24) is 10.2 Å². The number of sulfonamides is 1. The molecule has 0 heterocycles. The van der Waals surface area contributed by atoms with E-state index in [2.05, 4.69) is 19.2 Å². The molecule has 1 unspecified atom stereocenters. The third-order valence-electron chi connectivity index (χ3n) is 7.19. The highest BCUT2D eigenvalue weighted by molar-refractivity contribution is 7.92. The molecular weight excluding hydrogens is 550 g/mol. The summed E-state index contributed by atoms with van der Waals surface area (Å²) in [6.07, 6.45) is 2.12. The minimum atomic E-state index is -4.10. The number of benzene rings is 3. The Morgan fingerprint density at radius 1 is 0.905 bits per heavy atom. The van der Waals surface area contributed by atoms with Crippen LogP contribution in [-0.2, 0) is 26.2 Å². The molecule has 9 heteroatoms. The summed E-state index contributed by atoms with van der Waals surface area (Å²) in [5.74, 6) is 0.199. The predicted octanol–water partition coefficient (Wildman–Crippen LogP) is 5.74. The first-order valence-corrected chi connectivity index (χ1v) is 15.9. The highest BCUT2D eigenvalue weighted by Gasteiger charge is 2.33. The van der Waals surface area contributed by atoms with E-state index >= 15 is 0 Å². The summed E-state index contributed by atoms with van der Waals surface area (Å²) in [7, 11) is -2.52. The van der Waals surface area contributed by atoms with Gasteiger partial charge in [-0.1, -0.05) is 76.6 Å². The number of hydrogen-bond donors (Lipinski definition) is 1. The Kier molecular flexibility index (Phi) is 12.0. The maximum Gasteiger partial charge on any atom is 0.264 e. The number of ether oxygens (including phenoxy) is 1. The number of hydrogen-bond acceptors (Lipinski definition) is 5. The van der Waals surface area contributed by atoms with Gasteiger partial charge in [0.05, 0.1) is 17.7 Å². The molecule has 0 aliphatic carbocycles. The van der Waals surface area contributed by atoms with E-state index in [1.807, 2.05) is 38.1 Å². The smallest absolute Gasteiger partial charge is 0.264 e. The topological polar surface area (TPSA) is 96.0 Å². The van der Waals surface area contributed by atoms with Gasteiger partial charge in [0.15, 0.2) is 0 Å². The van der Waals surface area contributed by atoms with Gasteiger partial charge in [-0.05, 0) is 66.3 Å². The fourth-order valence-corrected chi connectivity index (χ4v) is 6.06. The molecule has 226 valence electrons. The van der Waals surface area contributed by atoms with Crippen LogP contribution in [0.1, 0.15) is 64.0 Å². The Labute approximate surface area is 250 Å². The molecule has 0 fully saturated rings. The van der Waals surface area contributed by atoms with Crippen molar-refractivity contribution in [2.24, 2.45) is 0 Å². The van der Waals surface area contributed by atoms with Crippen molar-refractivity contribution in [1.29, 1.82) is 0 Å². The van der Waals surface area contributed by atoms with Crippen LogP contribution in [0.5, 0.6) is 5.75 Å². The summed E-state index contributed by atoms with van der Waals surface area (Å²) >= 11 is 0. The van der Waals surface area contributed by atoms with Gasteiger partial charge in [0.2, 0.25) is 11.8 Å². The highest BCUT2D eigenvalue weighted by Crippen LogP contribution is 2.27. The monoisotopic (exact) mass is 593 g/mol. The van der Waals surface area contributed by atoms with Gasteiger partial charge in [-0.15, -0.1) is 0 Å². The Bertz CT molecular complexity index is 1390. The summed E-state index contributed by atoms with van der Waals surface area (Å²) in [5.41, 5.74) is 2.22. The number of nitrogens with zero attached hydrogens (tertiary/aromatic N) is 2. The first kappa shape index (κ1) is 32.7. The van der Waals surface area contributed by atoms with E-state index in [1.165, 1.54) is 17.0 Å². The molecule has 3 aromatic rings. The van der Waals surface area contributed by atoms with E-state index in [0.717, 1.165) is 28.3 Å². The second kappa shape index (κ2) is 15.4. The lowest BCUT2D eigenvalue weighted by Crippen LogP contribution is -2.52. The third kappa shape index (κ3) is 8.35. The SMILES string of the molecule is CCCCNC(=O)C(CC)N(Cc1ccc(OC)cc1)C(=O)CN(c1ccc(C(C)C)cc1)S(=O)(=O)c1ccccc1.